The molecular weight excluding hydrogens is 252 g/mol. The van der Waals surface area contributed by atoms with Crippen molar-refractivity contribution in [2.45, 2.75) is 33.0 Å². The van der Waals surface area contributed by atoms with Crippen LogP contribution in [0, 0.1) is 5.41 Å². The van der Waals surface area contributed by atoms with Gasteiger partial charge in [-0.2, -0.15) is 0 Å². The number of carbonyl (C=O) groups is 1. The molecule has 1 aromatic rings. The van der Waals surface area contributed by atoms with E-state index in [9.17, 15) is 4.79 Å². The Morgan fingerprint density at radius 2 is 2.25 bits per heavy atom. The summed E-state index contributed by atoms with van der Waals surface area (Å²) in [5.74, 6) is 0.0199. The zero-order chi connectivity index (χ0) is 14.0. The van der Waals surface area contributed by atoms with Gasteiger partial charge in [0.2, 0.25) is 0 Å². The van der Waals surface area contributed by atoms with Gasteiger partial charge in [-0.3, -0.25) is 4.79 Å². The molecule has 0 aromatic heterocycles. The molecule has 2 aliphatic rings. The van der Waals surface area contributed by atoms with Gasteiger partial charge in [0.1, 0.15) is 0 Å². The van der Waals surface area contributed by atoms with Crippen LogP contribution >= 0.6 is 0 Å². The number of amides is 1. The number of hydrogen-bond acceptors (Lipinski definition) is 3. The van der Waals surface area contributed by atoms with E-state index in [0.29, 0.717) is 13.2 Å². The van der Waals surface area contributed by atoms with Crippen LogP contribution in [-0.2, 0) is 18.0 Å². The molecular formula is C16H22N2O2. The zero-order valence-corrected chi connectivity index (χ0v) is 12.0. The number of piperidine rings is 1. The molecule has 20 heavy (non-hydrogen) atoms. The molecule has 1 fully saturated rings. The Labute approximate surface area is 119 Å². The fourth-order valence-electron chi connectivity index (χ4n) is 2.98. The predicted molar refractivity (Wildman–Crippen MR) is 77.5 cm³/mol. The number of fused-ring (bicyclic) bond motifs is 1. The topological polar surface area (TPSA) is 50.4 Å². The second kappa shape index (κ2) is 5.54. The number of benzene rings is 1. The van der Waals surface area contributed by atoms with E-state index in [2.05, 4.69) is 17.6 Å². The highest BCUT2D eigenvalue weighted by atomic mass is 16.5. The van der Waals surface area contributed by atoms with Crippen LogP contribution in [0.25, 0.3) is 0 Å². The van der Waals surface area contributed by atoms with E-state index in [1.165, 1.54) is 12.0 Å². The van der Waals surface area contributed by atoms with E-state index in [1.807, 2.05) is 18.2 Å². The van der Waals surface area contributed by atoms with E-state index in [-0.39, 0.29) is 11.3 Å². The van der Waals surface area contributed by atoms with E-state index in [1.54, 1.807) is 0 Å². The Kier molecular flexibility index (Phi) is 3.76. The molecule has 4 nitrogen and oxygen atoms in total. The highest BCUT2D eigenvalue weighted by molar-refractivity contribution is 5.94. The van der Waals surface area contributed by atoms with Crippen LogP contribution < -0.4 is 10.6 Å². The SMILES string of the molecule is CC1(CNC(=O)c2ccc3c(c2)COC3)CCCNC1. The minimum absolute atomic E-state index is 0.0199. The molecule has 1 unspecified atom stereocenters. The smallest absolute Gasteiger partial charge is 0.251 e. The molecule has 0 radical (unpaired) electrons. The molecule has 3 rings (SSSR count). The third-order valence-electron chi connectivity index (χ3n) is 4.34. The number of carbonyl (C=O) groups excluding carboxylic acids is 1. The quantitative estimate of drug-likeness (QED) is 0.884. The normalized spacial score (nSPS) is 25.2. The van der Waals surface area contributed by atoms with Crippen molar-refractivity contribution in [2.75, 3.05) is 19.6 Å². The van der Waals surface area contributed by atoms with Crippen molar-refractivity contribution < 1.29 is 9.53 Å². The molecule has 2 aliphatic heterocycles. The second-order valence-corrected chi connectivity index (χ2v) is 6.25. The fourth-order valence-corrected chi connectivity index (χ4v) is 2.98. The number of ether oxygens (including phenoxy) is 1. The Bertz CT molecular complexity index is 507. The summed E-state index contributed by atoms with van der Waals surface area (Å²) < 4.78 is 5.38. The highest BCUT2D eigenvalue weighted by Crippen LogP contribution is 2.25. The van der Waals surface area contributed by atoms with E-state index in [0.717, 1.165) is 37.2 Å². The lowest BCUT2D eigenvalue weighted by atomic mass is 9.83. The van der Waals surface area contributed by atoms with Gasteiger partial charge in [-0.1, -0.05) is 13.0 Å². The van der Waals surface area contributed by atoms with Gasteiger partial charge < -0.3 is 15.4 Å². The van der Waals surface area contributed by atoms with Crippen molar-refractivity contribution in [2.24, 2.45) is 5.41 Å². The molecule has 2 heterocycles. The van der Waals surface area contributed by atoms with Crippen LogP contribution in [0.15, 0.2) is 18.2 Å². The average Bonchev–Trinajstić information content (AvgIpc) is 2.93. The van der Waals surface area contributed by atoms with Crippen LogP contribution in [-0.4, -0.2) is 25.5 Å². The van der Waals surface area contributed by atoms with Crippen molar-refractivity contribution in [1.29, 1.82) is 0 Å². The van der Waals surface area contributed by atoms with Gasteiger partial charge in [-0.25, -0.2) is 0 Å². The molecule has 0 spiro atoms. The Balaban J connectivity index is 1.61. The Morgan fingerprint density at radius 3 is 3.05 bits per heavy atom. The van der Waals surface area contributed by atoms with Gasteiger partial charge in [0.15, 0.2) is 0 Å². The molecule has 0 bridgehead atoms. The van der Waals surface area contributed by atoms with Crippen LogP contribution in [0.5, 0.6) is 0 Å². The lowest BCUT2D eigenvalue weighted by Crippen LogP contribution is -2.45. The van der Waals surface area contributed by atoms with Crippen LogP contribution in [0.3, 0.4) is 0 Å². The maximum absolute atomic E-state index is 12.3. The first kappa shape index (κ1) is 13.6. The van der Waals surface area contributed by atoms with Crippen LogP contribution in [0.4, 0.5) is 0 Å². The molecule has 1 saturated heterocycles. The van der Waals surface area contributed by atoms with Gasteiger partial charge in [-0.05, 0) is 48.1 Å². The summed E-state index contributed by atoms with van der Waals surface area (Å²) in [6.07, 6.45) is 2.35. The van der Waals surface area contributed by atoms with Gasteiger partial charge in [0.05, 0.1) is 13.2 Å². The number of nitrogens with one attached hydrogen (secondary N) is 2. The molecule has 1 aromatic carbocycles. The van der Waals surface area contributed by atoms with Crippen molar-refractivity contribution in [3.63, 3.8) is 0 Å². The molecule has 1 atom stereocenters. The standard InChI is InChI=1S/C16H22N2O2/c1-16(5-2-6-17-10-16)11-18-15(19)12-3-4-13-8-20-9-14(13)7-12/h3-4,7,17H,2,5-6,8-11H2,1H3,(H,18,19). The van der Waals surface area contributed by atoms with E-state index >= 15 is 0 Å². The summed E-state index contributed by atoms with van der Waals surface area (Å²) in [5, 5.41) is 6.49. The highest BCUT2D eigenvalue weighted by Gasteiger charge is 2.27. The largest absolute Gasteiger partial charge is 0.372 e. The zero-order valence-electron chi connectivity index (χ0n) is 12.0. The van der Waals surface area contributed by atoms with Gasteiger partial charge in [-0.15, -0.1) is 0 Å². The van der Waals surface area contributed by atoms with Crippen molar-refractivity contribution in [3.05, 3.63) is 34.9 Å². The predicted octanol–water partition coefficient (Wildman–Crippen LogP) is 1.84. The van der Waals surface area contributed by atoms with E-state index in [4.69, 9.17) is 4.74 Å². The van der Waals surface area contributed by atoms with Gasteiger partial charge in [0.25, 0.3) is 5.91 Å². The summed E-state index contributed by atoms with van der Waals surface area (Å²) in [6.45, 7) is 6.32. The molecule has 2 N–H and O–H groups in total. The Hall–Kier alpha value is -1.39. The minimum Gasteiger partial charge on any atom is -0.372 e. The first-order chi connectivity index (χ1) is 9.66. The lowest BCUT2D eigenvalue weighted by molar-refractivity contribution is 0.0924. The summed E-state index contributed by atoms with van der Waals surface area (Å²) in [6, 6.07) is 5.85. The minimum atomic E-state index is 0.0199. The van der Waals surface area contributed by atoms with Crippen molar-refractivity contribution >= 4 is 5.91 Å². The third-order valence-corrected chi connectivity index (χ3v) is 4.34. The third kappa shape index (κ3) is 2.86. The maximum atomic E-state index is 12.3. The fraction of sp³-hybridized carbons (Fsp3) is 0.562. The molecule has 0 aliphatic carbocycles. The van der Waals surface area contributed by atoms with Crippen LogP contribution in [0.2, 0.25) is 0 Å². The van der Waals surface area contributed by atoms with Crippen molar-refractivity contribution in [3.8, 4) is 0 Å². The first-order valence-electron chi connectivity index (χ1n) is 7.35. The monoisotopic (exact) mass is 274 g/mol. The molecule has 0 saturated carbocycles. The second-order valence-electron chi connectivity index (χ2n) is 6.25. The molecule has 108 valence electrons. The summed E-state index contributed by atoms with van der Waals surface area (Å²) in [7, 11) is 0. The molecule has 1 amide bonds. The lowest BCUT2D eigenvalue weighted by Gasteiger charge is -2.34. The maximum Gasteiger partial charge on any atom is 0.251 e. The number of hydrogen-bond donors (Lipinski definition) is 2. The molecule has 4 heteroatoms. The van der Waals surface area contributed by atoms with E-state index < -0.39 is 0 Å². The summed E-state index contributed by atoms with van der Waals surface area (Å²) in [4.78, 5) is 12.3. The van der Waals surface area contributed by atoms with Crippen LogP contribution in [0.1, 0.15) is 41.3 Å². The van der Waals surface area contributed by atoms with Gasteiger partial charge in [0, 0.05) is 18.7 Å². The summed E-state index contributed by atoms with van der Waals surface area (Å²) in [5.41, 5.74) is 3.25. The first-order valence-corrected chi connectivity index (χ1v) is 7.35. The van der Waals surface area contributed by atoms with Crippen molar-refractivity contribution in [1.82, 2.24) is 10.6 Å². The van der Waals surface area contributed by atoms with Gasteiger partial charge >= 0.3 is 0 Å². The average molecular weight is 274 g/mol. The Morgan fingerprint density at radius 1 is 1.40 bits per heavy atom. The summed E-state index contributed by atoms with van der Waals surface area (Å²) >= 11 is 0. The number of rotatable bonds is 3.